The second-order valence-corrected chi connectivity index (χ2v) is 4.16. The lowest BCUT2D eigenvalue weighted by Crippen LogP contribution is -1.98. The normalized spacial score (nSPS) is 13.0. The van der Waals surface area contributed by atoms with Gasteiger partial charge in [-0.2, -0.15) is 0 Å². The van der Waals surface area contributed by atoms with Crippen LogP contribution < -0.4 is 5.73 Å². The molecule has 0 bridgehead atoms. The number of aromatic hydroxyl groups is 2. The number of rotatable bonds is 0. The highest BCUT2D eigenvalue weighted by Gasteiger charge is 2.18. The Balaban J connectivity index is 0.000000574. The van der Waals surface area contributed by atoms with Gasteiger partial charge in [0.15, 0.2) is 11.5 Å². The molecular formula is C14H18N2O2. The molecule has 3 rings (SSSR count). The summed E-state index contributed by atoms with van der Waals surface area (Å²) in [7, 11) is 0. The van der Waals surface area contributed by atoms with E-state index >= 15 is 0 Å². The SMILES string of the molecule is CC.Nc1c2c(nc3cc(O)c(O)cc13)CCC2. The van der Waals surface area contributed by atoms with Gasteiger partial charge >= 0.3 is 0 Å². The number of nitrogens with zero attached hydrogens (tertiary/aromatic N) is 1. The molecule has 1 aromatic heterocycles. The highest BCUT2D eigenvalue weighted by atomic mass is 16.3. The average molecular weight is 246 g/mol. The number of hydrogen-bond acceptors (Lipinski definition) is 4. The zero-order chi connectivity index (χ0) is 13.3. The number of pyridine rings is 1. The molecule has 2 aromatic rings. The van der Waals surface area contributed by atoms with Gasteiger partial charge in [-0.1, -0.05) is 13.8 Å². The van der Waals surface area contributed by atoms with Crippen LogP contribution in [0.5, 0.6) is 11.5 Å². The topological polar surface area (TPSA) is 79.4 Å². The van der Waals surface area contributed by atoms with E-state index in [-0.39, 0.29) is 11.5 Å². The predicted octanol–water partition coefficient (Wildman–Crippen LogP) is 2.74. The molecule has 4 N–H and O–H groups in total. The molecule has 0 saturated heterocycles. The number of nitrogens with two attached hydrogens (primary N) is 1. The van der Waals surface area contributed by atoms with E-state index in [0.717, 1.165) is 35.9 Å². The molecule has 0 amide bonds. The average Bonchev–Trinajstić information content (AvgIpc) is 2.83. The first-order valence-corrected chi connectivity index (χ1v) is 6.29. The minimum Gasteiger partial charge on any atom is -0.504 e. The van der Waals surface area contributed by atoms with Crippen molar-refractivity contribution < 1.29 is 10.2 Å². The molecular weight excluding hydrogens is 228 g/mol. The van der Waals surface area contributed by atoms with Crippen molar-refractivity contribution in [3.63, 3.8) is 0 Å². The highest BCUT2D eigenvalue weighted by Crippen LogP contribution is 2.36. The lowest BCUT2D eigenvalue weighted by atomic mass is 10.1. The molecule has 96 valence electrons. The first-order chi connectivity index (χ1) is 8.66. The van der Waals surface area contributed by atoms with E-state index < -0.39 is 0 Å². The van der Waals surface area contributed by atoms with Crippen molar-refractivity contribution in [3.8, 4) is 11.5 Å². The quantitative estimate of drug-likeness (QED) is 0.624. The van der Waals surface area contributed by atoms with Crippen molar-refractivity contribution >= 4 is 16.6 Å². The third kappa shape index (κ3) is 1.83. The molecule has 1 heterocycles. The molecule has 4 nitrogen and oxygen atoms in total. The van der Waals surface area contributed by atoms with E-state index in [1.54, 1.807) is 0 Å². The molecule has 0 atom stereocenters. The van der Waals surface area contributed by atoms with Gasteiger partial charge in [0.2, 0.25) is 0 Å². The molecule has 1 aliphatic carbocycles. The first kappa shape index (κ1) is 12.5. The fraction of sp³-hybridized carbons (Fsp3) is 0.357. The number of aryl methyl sites for hydroxylation is 1. The predicted molar refractivity (Wildman–Crippen MR) is 72.9 cm³/mol. The van der Waals surface area contributed by atoms with Crippen LogP contribution in [0.4, 0.5) is 5.69 Å². The van der Waals surface area contributed by atoms with Gasteiger partial charge in [0.05, 0.1) is 5.52 Å². The number of fused-ring (bicyclic) bond motifs is 2. The molecule has 0 fully saturated rings. The van der Waals surface area contributed by atoms with Crippen LogP contribution in [-0.2, 0) is 12.8 Å². The van der Waals surface area contributed by atoms with Crippen LogP contribution in [0, 0.1) is 0 Å². The Morgan fingerprint density at radius 1 is 1.11 bits per heavy atom. The smallest absolute Gasteiger partial charge is 0.159 e. The summed E-state index contributed by atoms with van der Waals surface area (Å²) in [4.78, 5) is 4.47. The van der Waals surface area contributed by atoms with Crippen molar-refractivity contribution in [2.24, 2.45) is 0 Å². The van der Waals surface area contributed by atoms with Gasteiger partial charge in [0, 0.05) is 22.8 Å². The second-order valence-electron chi connectivity index (χ2n) is 4.16. The highest BCUT2D eigenvalue weighted by molar-refractivity contribution is 5.94. The van der Waals surface area contributed by atoms with E-state index in [0.29, 0.717) is 11.2 Å². The summed E-state index contributed by atoms with van der Waals surface area (Å²) < 4.78 is 0. The van der Waals surface area contributed by atoms with Crippen LogP contribution in [0.25, 0.3) is 10.9 Å². The van der Waals surface area contributed by atoms with Gasteiger partial charge in [0.25, 0.3) is 0 Å². The Hall–Kier alpha value is -1.97. The third-order valence-corrected chi connectivity index (χ3v) is 3.15. The number of benzene rings is 1. The summed E-state index contributed by atoms with van der Waals surface area (Å²) in [5.74, 6) is -0.309. The lowest BCUT2D eigenvalue weighted by Gasteiger charge is -2.09. The maximum Gasteiger partial charge on any atom is 0.159 e. The van der Waals surface area contributed by atoms with Gasteiger partial charge in [-0.3, -0.25) is 4.98 Å². The third-order valence-electron chi connectivity index (χ3n) is 3.15. The minimum absolute atomic E-state index is 0.154. The van der Waals surface area contributed by atoms with Crippen LogP contribution in [0.2, 0.25) is 0 Å². The van der Waals surface area contributed by atoms with E-state index in [4.69, 9.17) is 5.73 Å². The summed E-state index contributed by atoms with van der Waals surface area (Å²) in [6, 6.07) is 2.94. The van der Waals surface area contributed by atoms with Gasteiger partial charge in [-0.25, -0.2) is 0 Å². The Bertz CT molecular complexity index is 594. The van der Waals surface area contributed by atoms with Gasteiger partial charge in [-0.15, -0.1) is 0 Å². The number of aromatic nitrogens is 1. The molecule has 0 spiro atoms. The van der Waals surface area contributed by atoms with E-state index in [9.17, 15) is 10.2 Å². The fourth-order valence-corrected chi connectivity index (χ4v) is 2.32. The zero-order valence-electron chi connectivity index (χ0n) is 10.7. The number of anilines is 1. The van der Waals surface area contributed by atoms with Crippen LogP contribution in [0.15, 0.2) is 12.1 Å². The summed E-state index contributed by atoms with van der Waals surface area (Å²) in [6.07, 6.45) is 2.96. The lowest BCUT2D eigenvalue weighted by molar-refractivity contribution is 0.405. The number of hydrogen-bond donors (Lipinski definition) is 3. The van der Waals surface area contributed by atoms with Gasteiger partial charge in [0.1, 0.15) is 0 Å². The van der Waals surface area contributed by atoms with Crippen molar-refractivity contribution in [3.05, 3.63) is 23.4 Å². The minimum atomic E-state index is -0.155. The maximum absolute atomic E-state index is 9.46. The largest absolute Gasteiger partial charge is 0.504 e. The zero-order valence-corrected chi connectivity index (χ0v) is 10.7. The number of phenolic OH excluding ortho intramolecular Hbond substituents is 2. The van der Waals surface area contributed by atoms with E-state index in [1.165, 1.54) is 12.1 Å². The first-order valence-electron chi connectivity index (χ1n) is 6.29. The van der Waals surface area contributed by atoms with Crippen LogP contribution in [-0.4, -0.2) is 15.2 Å². The fourth-order valence-electron chi connectivity index (χ4n) is 2.32. The summed E-state index contributed by atoms with van der Waals surface area (Å²) in [6.45, 7) is 4.00. The number of phenols is 2. The molecule has 0 unspecified atom stereocenters. The van der Waals surface area contributed by atoms with Crippen molar-refractivity contribution in [2.75, 3.05) is 5.73 Å². The van der Waals surface area contributed by atoms with Crippen LogP contribution >= 0.6 is 0 Å². The molecule has 0 radical (unpaired) electrons. The van der Waals surface area contributed by atoms with Crippen molar-refractivity contribution in [2.45, 2.75) is 33.1 Å². The molecule has 18 heavy (non-hydrogen) atoms. The van der Waals surface area contributed by atoms with Crippen molar-refractivity contribution in [1.82, 2.24) is 4.98 Å². The molecule has 4 heteroatoms. The molecule has 1 aliphatic rings. The van der Waals surface area contributed by atoms with E-state index in [2.05, 4.69) is 4.98 Å². The molecule has 1 aromatic carbocycles. The standard InChI is InChI=1S/C12H12N2O2.C2H6/c13-12-6-2-1-3-8(6)14-9-5-11(16)10(15)4-7(9)12;1-2/h4-5,15-16H,1-3H2,(H2,13,14);1-2H3. The molecule has 0 saturated carbocycles. The summed E-state index contributed by atoms with van der Waals surface area (Å²) >= 11 is 0. The second kappa shape index (κ2) is 4.72. The Morgan fingerprint density at radius 3 is 2.50 bits per heavy atom. The maximum atomic E-state index is 9.46. The van der Waals surface area contributed by atoms with E-state index in [1.807, 2.05) is 13.8 Å². The van der Waals surface area contributed by atoms with Crippen LogP contribution in [0.1, 0.15) is 31.5 Å². The van der Waals surface area contributed by atoms with Gasteiger partial charge < -0.3 is 15.9 Å². The Kier molecular flexibility index (Phi) is 3.28. The number of nitrogen functional groups attached to an aromatic ring is 1. The summed E-state index contributed by atoms with van der Waals surface area (Å²) in [5.41, 5.74) is 9.51. The Labute approximate surface area is 106 Å². The van der Waals surface area contributed by atoms with Crippen LogP contribution in [0.3, 0.4) is 0 Å². The molecule has 0 aliphatic heterocycles. The van der Waals surface area contributed by atoms with Crippen molar-refractivity contribution in [1.29, 1.82) is 0 Å². The van der Waals surface area contributed by atoms with Gasteiger partial charge in [-0.05, 0) is 30.9 Å². The summed E-state index contributed by atoms with van der Waals surface area (Å²) in [5, 5.41) is 19.6. The monoisotopic (exact) mass is 246 g/mol. The Morgan fingerprint density at radius 2 is 1.78 bits per heavy atom.